The zero-order valence-corrected chi connectivity index (χ0v) is 19.8. The molecule has 30 heavy (non-hydrogen) atoms. The van der Waals surface area contributed by atoms with Gasteiger partial charge in [0.2, 0.25) is 0 Å². The van der Waals surface area contributed by atoms with Crippen molar-refractivity contribution in [2.75, 3.05) is 31.1 Å². The molecule has 0 spiro atoms. The van der Waals surface area contributed by atoms with Crippen molar-refractivity contribution in [1.29, 1.82) is 0 Å². The number of amides is 1. The van der Waals surface area contributed by atoms with Crippen LogP contribution in [0.2, 0.25) is 0 Å². The van der Waals surface area contributed by atoms with Crippen molar-refractivity contribution in [3.63, 3.8) is 0 Å². The maximum Gasteiger partial charge on any atom is 0.278 e. The van der Waals surface area contributed by atoms with Crippen molar-refractivity contribution in [2.24, 2.45) is 0 Å². The van der Waals surface area contributed by atoms with Gasteiger partial charge in [-0.3, -0.25) is 14.4 Å². The molecule has 0 unspecified atom stereocenters. The highest BCUT2D eigenvalue weighted by molar-refractivity contribution is 7.22. The zero-order chi connectivity index (χ0) is 21.8. The first-order valence-electron chi connectivity index (χ1n) is 10.9. The van der Waals surface area contributed by atoms with Crippen LogP contribution in [-0.2, 0) is 6.42 Å². The van der Waals surface area contributed by atoms with Gasteiger partial charge in [0.25, 0.3) is 5.91 Å². The molecule has 0 bridgehead atoms. The molecule has 1 amide bonds. The van der Waals surface area contributed by atoms with Crippen LogP contribution < -0.4 is 4.90 Å². The van der Waals surface area contributed by atoms with Gasteiger partial charge < -0.3 is 4.90 Å². The average Bonchev–Trinajstić information content (AvgIpc) is 3.33. The molecule has 0 aliphatic heterocycles. The molecule has 0 radical (unpaired) electrons. The van der Waals surface area contributed by atoms with Crippen LogP contribution in [0.25, 0.3) is 10.2 Å². The van der Waals surface area contributed by atoms with E-state index < -0.39 is 0 Å². The fraction of sp³-hybridized carbons (Fsp3) is 0.522. The van der Waals surface area contributed by atoms with Gasteiger partial charge in [0, 0.05) is 19.1 Å². The second kappa shape index (κ2) is 9.71. The van der Waals surface area contributed by atoms with Crippen LogP contribution in [-0.4, -0.2) is 51.8 Å². The SMILES string of the molecule is CCc1ccc2nc(N(CCN(CC)CC)C(=O)c3cc(C)nn3C(C)C)sc2c1. The van der Waals surface area contributed by atoms with Gasteiger partial charge in [0.15, 0.2) is 5.13 Å². The van der Waals surface area contributed by atoms with E-state index in [-0.39, 0.29) is 11.9 Å². The lowest BCUT2D eigenvalue weighted by molar-refractivity contribution is 0.0971. The first-order chi connectivity index (χ1) is 14.4. The summed E-state index contributed by atoms with van der Waals surface area (Å²) >= 11 is 1.59. The number of hydrogen-bond acceptors (Lipinski definition) is 5. The summed E-state index contributed by atoms with van der Waals surface area (Å²) in [5, 5.41) is 5.30. The Bertz CT molecular complexity index is 1000. The molecule has 0 aliphatic carbocycles. The van der Waals surface area contributed by atoms with E-state index in [2.05, 4.69) is 49.0 Å². The molecule has 2 heterocycles. The smallest absolute Gasteiger partial charge is 0.278 e. The normalized spacial score (nSPS) is 11.7. The number of benzene rings is 1. The number of rotatable bonds is 9. The van der Waals surface area contributed by atoms with E-state index in [0.29, 0.717) is 12.2 Å². The summed E-state index contributed by atoms with van der Waals surface area (Å²) in [5.74, 6) is -0.0359. The molecule has 0 atom stereocenters. The lowest BCUT2D eigenvalue weighted by Crippen LogP contribution is -2.39. The molecule has 0 saturated heterocycles. The van der Waals surface area contributed by atoms with Crippen molar-refractivity contribution >= 4 is 32.6 Å². The third-order valence-electron chi connectivity index (χ3n) is 5.43. The van der Waals surface area contributed by atoms with E-state index in [0.717, 1.165) is 47.1 Å². The number of likely N-dealkylation sites (N-methyl/N-ethyl adjacent to an activating group) is 1. The van der Waals surface area contributed by atoms with Crippen LogP contribution in [0.5, 0.6) is 0 Å². The molecule has 0 N–H and O–H groups in total. The fourth-order valence-electron chi connectivity index (χ4n) is 3.57. The van der Waals surface area contributed by atoms with Gasteiger partial charge in [-0.25, -0.2) is 4.98 Å². The quantitative estimate of drug-likeness (QED) is 0.486. The van der Waals surface area contributed by atoms with E-state index in [9.17, 15) is 4.79 Å². The minimum Gasteiger partial charge on any atom is -0.302 e. The van der Waals surface area contributed by atoms with E-state index >= 15 is 0 Å². The van der Waals surface area contributed by atoms with Crippen LogP contribution in [0.4, 0.5) is 5.13 Å². The number of nitrogens with zero attached hydrogens (tertiary/aromatic N) is 5. The summed E-state index contributed by atoms with van der Waals surface area (Å²) in [6.45, 7) is 15.8. The topological polar surface area (TPSA) is 54.3 Å². The number of hydrogen-bond donors (Lipinski definition) is 0. The van der Waals surface area contributed by atoms with Crippen molar-refractivity contribution in [3.05, 3.63) is 41.2 Å². The minimum absolute atomic E-state index is 0.0359. The number of carbonyl (C=O) groups excluding carboxylic acids is 1. The van der Waals surface area contributed by atoms with Crippen LogP contribution >= 0.6 is 11.3 Å². The molecular formula is C23H33N5OS. The monoisotopic (exact) mass is 427 g/mol. The molecular weight excluding hydrogens is 394 g/mol. The van der Waals surface area contributed by atoms with Gasteiger partial charge in [0.05, 0.1) is 15.9 Å². The Morgan fingerprint density at radius 3 is 2.50 bits per heavy atom. The molecule has 2 aromatic heterocycles. The van der Waals surface area contributed by atoms with Crippen molar-refractivity contribution in [1.82, 2.24) is 19.7 Å². The Labute approximate surface area is 183 Å². The van der Waals surface area contributed by atoms with Gasteiger partial charge in [-0.15, -0.1) is 0 Å². The summed E-state index contributed by atoms with van der Waals surface area (Å²) in [6.07, 6.45) is 0.987. The predicted octanol–water partition coefficient (Wildman–Crippen LogP) is 4.93. The van der Waals surface area contributed by atoms with Gasteiger partial charge in [0.1, 0.15) is 5.69 Å². The lowest BCUT2D eigenvalue weighted by atomic mass is 10.2. The fourth-order valence-corrected chi connectivity index (χ4v) is 4.62. The molecule has 1 aromatic carbocycles. The Hall–Kier alpha value is -2.25. The molecule has 3 rings (SSSR count). The van der Waals surface area contributed by atoms with Crippen LogP contribution in [0, 0.1) is 6.92 Å². The highest BCUT2D eigenvalue weighted by Gasteiger charge is 2.26. The second-order valence-corrected chi connectivity index (χ2v) is 8.85. The van der Waals surface area contributed by atoms with Crippen molar-refractivity contribution in [2.45, 2.75) is 54.0 Å². The highest BCUT2D eigenvalue weighted by Crippen LogP contribution is 2.31. The largest absolute Gasteiger partial charge is 0.302 e. The molecule has 0 fully saturated rings. The van der Waals surface area contributed by atoms with Gasteiger partial charge in [-0.1, -0.05) is 38.2 Å². The van der Waals surface area contributed by atoms with E-state index in [1.807, 2.05) is 36.4 Å². The first-order valence-corrected chi connectivity index (χ1v) is 11.7. The summed E-state index contributed by atoms with van der Waals surface area (Å²) in [4.78, 5) is 22.7. The molecule has 7 heteroatoms. The Kier molecular flexibility index (Phi) is 7.26. The van der Waals surface area contributed by atoms with E-state index in [1.165, 1.54) is 5.56 Å². The van der Waals surface area contributed by atoms with E-state index in [4.69, 9.17) is 4.98 Å². The Balaban J connectivity index is 2.01. The number of aromatic nitrogens is 3. The summed E-state index contributed by atoms with van der Waals surface area (Å²) in [5.41, 5.74) is 3.71. The first kappa shape index (κ1) is 22.4. The van der Waals surface area contributed by atoms with Crippen LogP contribution in [0.15, 0.2) is 24.3 Å². The van der Waals surface area contributed by atoms with Gasteiger partial charge >= 0.3 is 0 Å². The maximum atomic E-state index is 13.7. The van der Waals surface area contributed by atoms with Gasteiger partial charge in [-0.2, -0.15) is 5.10 Å². The predicted molar refractivity (Wildman–Crippen MR) is 126 cm³/mol. The third-order valence-corrected chi connectivity index (χ3v) is 6.47. The standard InChI is InChI=1S/C23H33N5OS/c1-7-18-10-11-19-21(15-18)30-23(24-19)27(13-12-26(8-2)9-3)22(29)20-14-17(6)25-28(20)16(4)5/h10-11,14-16H,7-9,12-13H2,1-6H3. The number of anilines is 1. The summed E-state index contributed by atoms with van der Waals surface area (Å²) in [6, 6.07) is 8.36. The molecule has 3 aromatic rings. The van der Waals surface area contributed by atoms with Crippen molar-refractivity contribution in [3.8, 4) is 0 Å². The highest BCUT2D eigenvalue weighted by atomic mass is 32.1. The average molecular weight is 428 g/mol. The Morgan fingerprint density at radius 1 is 1.13 bits per heavy atom. The van der Waals surface area contributed by atoms with E-state index in [1.54, 1.807) is 11.3 Å². The van der Waals surface area contributed by atoms with Crippen LogP contribution in [0.3, 0.4) is 0 Å². The molecule has 0 saturated carbocycles. The van der Waals surface area contributed by atoms with Gasteiger partial charge in [-0.05, 0) is 64.0 Å². The van der Waals surface area contributed by atoms with Crippen LogP contribution in [0.1, 0.15) is 62.4 Å². The third kappa shape index (κ3) is 4.73. The maximum absolute atomic E-state index is 13.7. The number of carbonyl (C=O) groups is 1. The molecule has 0 aliphatic rings. The minimum atomic E-state index is -0.0359. The number of aryl methyl sites for hydroxylation is 2. The number of fused-ring (bicyclic) bond motifs is 1. The summed E-state index contributed by atoms with van der Waals surface area (Å²) < 4.78 is 2.95. The second-order valence-electron chi connectivity index (χ2n) is 7.85. The molecule has 6 nitrogen and oxygen atoms in total. The number of thiazole rings is 1. The lowest BCUT2D eigenvalue weighted by Gasteiger charge is -2.25. The Morgan fingerprint density at radius 2 is 1.87 bits per heavy atom. The summed E-state index contributed by atoms with van der Waals surface area (Å²) in [7, 11) is 0. The molecule has 162 valence electrons. The zero-order valence-electron chi connectivity index (χ0n) is 19.0. The van der Waals surface area contributed by atoms with Crippen molar-refractivity contribution < 1.29 is 4.79 Å².